The van der Waals surface area contributed by atoms with Crippen molar-refractivity contribution in [1.29, 1.82) is 0 Å². The van der Waals surface area contributed by atoms with E-state index in [2.05, 4.69) is 0 Å². The lowest BCUT2D eigenvalue weighted by Gasteiger charge is -2.34. The lowest BCUT2D eigenvalue weighted by molar-refractivity contribution is -0.387. The van der Waals surface area contributed by atoms with Crippen LogP contribution in [0.3, 0.4) is 0 Å². The Hall–Kier alpha value is -2.46. The first-order chi connectivity index (χ1) is 12.9. The zero-order chi connectivity index (χ0) is 21.1. The molecule has 0 N–H and O–H groups in total. The van der Waals surface area contributed by atoms with Crippen molar-refractivity contribution in [2.75, 3.05) is 19.6 Å². The summed E-state index contributed by atoms with van der Waals surface area (Å²) in [5, 5.41) is 11.3. The van der Waals surface area contributed by atoms with Crippen molar-refractivity contribution >= 4 is 21.8 Å². The number of hydrogen-bond donors (Lipinski definition) is 0. The van der Waals surface area contributed by atoms with Crippen molar-refractivity contribution in [1.82, 2.24) is 9.21 Å². The van der Waals surface area contributed by atoms with Crippen LogP contribution in [0.5, 0.6) is 0 Å². The number of nitro benzene ring substituents is 1. The van der Waals surface area contributed by atoms with Gasteiger partial charge in [-0.2, -0.15) is 4.31 Å². The number of benzene rings is 1. The van der Waals surface area contributed by atoms with Crippen LogP contribution in [-0.4, -0.2) is 59.9 Å². The maximum Gasteiger partial charge on any atom is 0.410 e. The first kappa shape index (κ1) is 21.8. The Morgan fingerprint density at radius 1 is 1.21 bits per heavy atom. The first-order valence-corrected chi connectivity index (χ1v) is 10.3. The van der Waals surface area contributed by atoms with Crippen LogP contribution in [0.25, 0.3) is 0 Å². The van der Waals surface area contributed by atoms with E-state index in [0.717, 1.165) is 10.4 Å². The van der Waals surface area contributed by atoms with E-state index in [0.29, 0.717) is 6.54 Å². The molecule has 10 heteroatoms. The molecule has 0 aliphatic carbocycles. The summed E-state index contributed by atoms with van der Waals surface area (Å²) in [5.41, 5.74) is -1.16. The summed E-state index contributed by atoms with van der Waals surface area (Å²) in [5.74, 6) is 0. The number of rotatable bonds is 3. The number of para-hydroxylation sites is 1. The van der Waals surface area contributed by atoms with Gasteiger partial charge in [0.05, 0.1) is 4.92 Å². The lowest BCUT2D eigenvalue weighted by atomic mass is 10.2. The van der Waals surface area contributed by atoms with E-state index < -0.39 is 38.4 Å². The molecule has 0 fully saturated rings. The van der Waals surface area contributed by atoms with Crippen molar-refractivity contribution < 1.29 is 22.9 Å². The third kappa shape index (κ3) is 5.08. The molecular formula is C18H25N3O6S. The molecule has 0 saturated carbocycles. The minimum Gasteiger partial charge on any atom is -0.444 e. The molecule has 28 heavy (non-hydrogen) atoms. The van der Waals surface area contributed by atoms with Gasteiger partial charge in [0, 0.05) is 31.7 Å². The van der Waals surface area contributed by atoms with Crippen molar-refractivity contribution in [2.24, 2.45) is 0 Å². The number of carbonyl (C=O) groups is 1. The molecule has 1 aliphatic heterocycles. The summed E-state index contributed by atoms with van der Waals surface area (Å²) in [6.07, 6.45) is 2.76. The van der Waals surface area contributed by atoms with Crippen molar-refractivity contribution in [2.45, 2.75) is 44.2 Å². The summed E-state index contributed by atoms with van der Waals surface area (Å²) < 4.78 is 32.8. The Morgan fingerprint density at radius 3 is 2.43 bits per heavy atom. The van der Waals surface area contributed by atoms with Crippen molar-refractivity contribution in [3.8, 4) is 0 Å². The summed E-state index contributed by atoms with van der Waals surface area (Å²) in [6, 6.07) is 4.62. The SMILES string of the molecule is C[C@@H]1CN(C(=O)OC(C)(C)C)CC=CCN1S(=O)(=O)c1ccccc1[N+](=O)[O-]. The molecule has 1 aliphatic rings. The molecule has 0 spiro atoms. The van der Waals surface area contributed by atoms with Gasteiger partial charge in [0.1, 0.15) is 5.60 Å². The second kappa shape index (κ2) is 8.27. The molecule has 1 amide bonds. The van der Waals surface area contributed by atoms with Gasteiger partial charge < -0.3 is 9.64 Å². The Balaban J connectivity index is 2.34. The predicted octanol–water partition coefficient (Wildman–Crippen LogP) is 2.78. The van der Waals surface area contributed by atoms with E-state index in [1.165, 1.54) is 23.1 Å². The highest BCUT2D eigenvalue weighted by Gasteiger charge is 2.36. The number of nitro groups is 1. The molecule has 1 aromatic rings. The van der Waals surface area contributed by atoms with Gasteiger partial charge in [0.2, 0.25) is 10.0 Å². The summed E-state index contributed by atoms with van der Waals surface area (Å²) in [4.78, 5) is 24.0. The van der Waals surface area contributed by atoms with E-state index in [1.807, 2.05) is 0 Å². The van der Waals surface area contributed by atoms with Crippen LogP contribution in [0, 0.1) is 10.1 Å². The van der Waals surface area contributed by atoms with Crippen molar-refractivity contribution in [3.63, 3.8) is 0 Å². The Morgan fingerprint density at radius 2 is 1.82 bits per heavy atom. The fraction of sp³-hybridized carbons (Fsp3) is 0.500. The smallest absolute Gasteiger partial charge is 0.410 e. The molecule has 0 unspecified atom stereocenters. The number of carbonyl (C=O) groups excluding carboxylic acids is 1. The predicted molar refractivity (Wildman–Crippen MR) is 103 cm³/mol. The fourth-order valence-corrected chi connectivity index (χ4v) is 4.54. The highest BCUT2D eigenvalue weighted by molar-refractivity contribution is 7.89. The van der Waals surface area contributed by atoms with Gasteiger partial charge in [0.15, 0.2) is 4.90 Å². The molecule has 0 aromatic heterocycles. The molecule has 0 bridgehead atoms. The first-order valence-electron chi connectivity index (χ1n) is 8.81. The van der Waals surface area contributed by atoms with Gasteiger partial charge >= 0.3 is 6.09 Å². The summed E-state index contributed by atoms with van der Waals surface area (Å²) in [7, 11) is -4.15. The second-order valence-corrected chi connectivity index (χ2v) is 9.36. The molecule has 1 aromatic carbocycles. The average molecular weight is 411 g/mol. The third-order valence-corrected chi connectivity index (χ3v) is 6.08. The average Bonchev–Trinajstić information content (AvgIpc) is 2.56. The number of ether oxygens (including phenoxy) is 1. The van der Waals surface area contributed by atoms with Gasteiger partial charge in [-0.05, 0) is 33.8 Å². The van der Waals surface area contributed by atoms with E-state index >= 15 is 0 Å². The zero-order valence-corrected chi connectivity index (χ0v) is 17.2. The van der Waals surface area contributed by atoms with Gasteiger partial charge in [-0.25, -0.2) is 13.2 Å². The van der Waals surface area contributed by atoms with Crippen LogP contribution < -0.4 is 0 Å². The van der Waals surface area contributed by atoms with Crippen molar-refractivity contribution in [3.05, 3.63) is 46.5 Å². The molecule has 0 radical (unpaired) electrons. The van der Waals surface area contributed by atoms with Crippen LogP contribution in [0.15, 0.2) is 41.3 Å². The summed E-state index contributed by atoms with van der Waals surface area (Å²) >= 11 is 0. The molecular weight excluding hydrogens is 386 g/mol. The Labute approximate surface area is 164 Å². The molecule has 0 saturated heterocycles. The van der Waals surface area contributed by atoms with E-state index in [4.69, 9.17) is 4.74 Å². The Bertz CT molecular complexity index is 876. The third-order valence-electron chi connectivity index (χ3n) is 4.05. The van der Waals surface area contributed by atoms with Crippen LogP contribution >= 0.6 is 0 Å². The minimum atomic E-state index is -4.15. The number of hydrogen-bond acceptors (Lipinski definition) is 6. The highest BCUT2D eigenvalue weighted by Crippen LogP contribution is 2.28. The molecule has 1 heterocycles. The second-order valence-electron chi connectivity index (χ2n) is 7.51. The van der Waals surface area contributed by atoms with Crippen LogP contribution in [-0.2, 0) is 14.8 Å². The quantitative estimate of drug-likeness (QED) is 0.430. The Kier molecular flexibility index (Phi) is 6.45. The van der Waals surface area contributed by atoms with Gasteiger partial charge in [-0.3, -0.25) is 10.1 Å². The topological polar surface area (TPSA) is 110 Å². The molecule has 154 valence electrons. The molecule has 1 atom stereocenters. The number of nitrogens with zero attached hydrogens (tertiary/aromatic N) is 3. The van der Waals surface area contributed by atoms with E-state index in [-0.39, 0.29) is 18.0 Å². The minimum absolute atomic E-state index is 0.0533. The maximum atomic E-state index is 13.1. The van der Waals surface area contributed by atoms with E-state index in [9.17, 15) is 23.3 Å². The fourth-order valence-electron chi connectivity index (χ4n) is 2.81. The molecule has 9 nitrogen and oxygen atoms in total. The summed E-state index contributed by atoms with van der Waals surface area (Å²) in [6.45, 7) is 7.34. The van der Waals surface area contributed by atoms with Gasteiger partial charge in [0.25, 0.3) is 5.69 Å². The maximum absolute atomic E-state index is 13.1. The van der Waals surface area contributed by atoms with Crippen LogP contribution in [0.4, 0.5) is 10.5 Å². The standard InChI is InChI=1S/C18H25N3O6S/c1-14-13-19(17(22)27-18(2,3)4)11-7-8-12-20(14)28(25,26)16-10-6-5-9-15(16)21(23)24/h5-10,14H,11-13H2,1-4H3/t14-/m1/s1. The molecule has 2 rings (SSSR count). The van der Waals surface area contributed by atoms with Gasteiger partial charge in [-0.1, -0.05) is 24.3 Å². The lowest BCUT2D eigenvalue weighted by Crippen LogP contribution is -2.49. The van der Waals surface area contributed by atoms with Crippen LogP contribution in [0.1, 0.15) is 27.7 Å². The highest BCUT2D eigenvalue weighted by atomic mass is 32.2. The van der Waals surface area contributed by atoms with Gasteiger partial charge in [-0.15, -0.1) is 0 Å². The van der Waals surface area contributed by atoms with E-state index in [1.54, 1.807) is 39.8 Å². The van der Waals surface area contributed by atoms with Crippen LogP contribution in [0.2, 0.25) is 0 Å². The monoisotopic (exact) mass is 411 g/mol. The zero-order valence-electron chi connectivity index (χ0n) is 16.4. The number of sulfonamides is 1. The largest absolute Gasteiger partial charge is 0.444 e. The number of amides is 1. The normalized spacial score (nSPS) is 19.0.